The Bertz CT molecular complexity index is 1450. The van der Waals surface area contributed by atoms with Crippen molar-refractivity contribution in [3.63, 3.8) is 0 Å². The van der Waals surface area contributed by atoms with Crippen LogP contribution in [0.2, 0.25) is 6.32 Å². The Balaban J connectivity index is 1.49. The molecule has 6 aromatic carbocycles. The lowest BCUT2D eigenvalue weighted by Gasteiger charge is -2.43. The van der Waals surface area contributed by atoms with Crippen molar-refractivity contribution in [1.29, 1.82) is 0 Å². The summed E-state index contributed by atoms with van der Waals surface area (Å²) < 4.78 is 0. The van der Waals surface area contributed by atoms with Crippen LogP contribution in [0.3, 0.4) is 0 Å². The summed E-state index contributed by atoms with van der Waals surface area (Å²) >= 11 is 0. The Labute approximate surface area is 245 Å². The van der Waals surface area contributed by atoms with Crippen LogP contribution < -0.4 is 16.4 Å². The van der Waals surface area contributed by atoms with E-state index >= 15 is 0 Å². The van der Waals surface area contributed by atoms with E-state index < -0.39 is 6.15 Å². The molecule has 0 bridgehead atoms. The molecule has 0 spiro atoms. The van der Waals surface area contributed by atoms with E-state index in [2.05, 4.69) is 171 Å². The largest absolute Gasteiger partial charge is 0.200 e. The second-order valence-corrected chi connectivity index (χ2v) is 11.2. The van der Waals surface area contributed by atoms with Crippen LogP contribution in [0.5, 0.6) is 0 Å². The molecule has 0 fully saturated rings. The van der Waals surface area contributed by atoms with Crippen LogP contribution in [0.15, 0.2) is 164 Å². The second-order valence-electron chi connectivity index (χ2n) is 11.2. The highest BCUT2D eigenvalue weighted by atomic mass is 14.1. The fourth-order valence-corrected chi connectivity index (χ4v) is 6.49. The van der Waals surface area contributed by atoms with Crippen LogP contribution in [0.4, 0.5) is 0 Å². The summed E-state index contributed by atoms with van der Waals surface area (Å²) in [6.45, 7) is 2.30. The molecule has 0 radical (unpaired) electrons. The molecule has 41 heavy (non-hydrogen) atoms. The van der Waals surface area contributed by atoms with Gasteiger partial charge in [-0.1, -0.05) is 184 Å². The summed E-state index contributed by atoms with van der Waals surface area (Å²) in [5.41, 5.74) is 11.7. The third-order valence-corrected chi connectivity index (χ3v) is 8.75. The lowest BCUT2D eigenvalue weighted by Crippen LogP contribution is -2.66. The highest BCUT2D eigenvalue weighted by Crippen LogP contribution is 2.25. The van der Waals surface area contributed by atoms with E-state index in [-0.39, 0.29) is 0 Å². The van der Waals surface area contributed by atoms with Crippen molar-refractivity contribution >= 4 is 22.5 Å². The van der Waals surface area contributed by atoms with Gasteiger partial charge in [-0.05, 0) is 33.4 Å². The van der Waals surface area contributed by atoms with Crippen molar-refractivity contribution in [2.75, 3.05) is 0 Å². The molecular formula is C40H36B-. The Hall–Kier alpha value is -4.62. The SMILES string of the molecule is CCCC[B-](c1ccc(-c2ccccc2)cc1)(c1ccc(-c2ccccc2)cc1)c1ccc(-c2ccccc2)cc1. The lowest BCUT2D eigenvalue weighted by molar-refractivity contribution is 0.874. The van der Waals surface area contributed by atoms with E-state index in [0.29, 0.717) is 0 Å². The third kappa shape index (κ3) is 5.54. The number of benzene rings is 6. The van der Waals surface area contributed by atoms with Crippen LogP contribution >= 0.6 is 0 Å². The average molecular weight is 528 g/mol. The van der Waals surface area contributed by atoms with Crippen molar-refractivity contribution in [3.05, 3.63) is 164 Å². The molecule has 0 aliphatic heterocycles. The van der Waals surface area contributed by atoms with Gasteiger partial charge in [-0.3, -0.25) is 0 Å². The van der Waals surface area contributed by atoms with Crippen molar-refractivity contribution in [2.45, 2.75) is 26.1 Å². The summed E-state index contributed by atoms with van der Waals surface area (Å²) in [5.74, 6) is 0. The van der Waals surface area contributed by atoms with E-state index in [4.69, 9.17) is 0 Å². The number of rotatable bonds is 9. The third-order valence-electron chi connectivity index (χ3n) is 8.75. The maximum Gasteiger partial charge on any atom is 0.0814 e. The highest BCUT2D eigenvalue weighted by molar-refractivity contribution is 7.11. The van der Waals surface area contributed by atoms with Gasteiger partial charge in [0.25, 0.3) is 0 Å². The number of unbranched alkanes of at least 4 members (excludes halogenated alkanes) is 1. The lowest BCUT2D eigenvalue weighted by atomic mass is 9.14. The quantitative estimate of drug-likeness (QED) is 0.165. The molecule has 0 heterocycles. The molecule has 6 rings (SSSR count). The first-order chi connectivity index (χ1) is 20.3. The van der Waals surface area contributed by atoms with Crippen LogP contribution in [-0.2, 0) is 0 Å². The molecule has 0 nitrogen and oxygen atoms in total. The molecule has 0 aliphatic carbocycles. The molecule has 0 atom stereocenters. The Morgan fingerprint density at radius 1 is 0.341 bits per heavy atom. The fraction of sp³-hybridized carbons (Fsp3) is 0.100. The number of hydrogen-bond donors (Lipinski definition) is 0. The van der Waals surface area contributed by atoms with E-state index in [0.717, 1.165) is 12.7 Å². The van der Waals surface area contributed by atoms with Crippen LogP contribution in [-0.4, -0.2) is 6.15 Å². The average Bonchev–Trinajstić information content (AvgIpc) is 3.07. The zero-order valence-corrected chi connectivity index (χ0v) is 23.8. The summed E-state index contributed by atoms with van der Waals surface area (Å²) in [7, 11) is 0. The molecule has 0 unspecified atom stereocenters. The topological polar surface area (TPSA) is 0 Å². The van der Waals surface area contributed by atoms with Gasteiger partial charge >= 0.3 is 0 Å². The molecule has 0 aromatic heterocycles. The Kier molecular flexibility index (Phi) is 7.96. The molecule has 0 saturated carbocycles. The van der Waals surface area contributed by atoms with Crippen LogP contribution in [0.1, 0.15) is 19.8 Å². The minimum absolute atomic E-state index is 1.11. The highest BCUT2D eigenvalue weighted by Gasteiger charge is 2.29. The first-order valence-corrected chi connectivity index (χ1v) is 14.9. The Morgan fingerprint density at radius 3 is 0.878 bits per heavy atom. The fourth-order valence-electron chi connectivity index (χ4n) is 6.49. The van der Waals surface area contributed by atoms with E-state index in [9.17, 15) is 0 Å². The van der Waals surface area contributed by atoms with Crippen molar-refractivity contribution in [3.8, 4) is 33.4 Å². The summed E-state index contributed by atoms with van der Waals surface area (Å²) in [5, 5.41) is 0. The molecular weight excluding hydrogens is 491 g/mol. The molecule has 0 saturated heterocycles. The second kappa shape index (κ2) is 12.3. The van der Waals surface area contributed by atoms with Gasteiger partial charge in [0.05, 0.1) is 6.15 Å². The summed E-state index contributed by atoms with van der Waals surface area (Å²) in [6, 6.07) is 60.2. The van der Waals surface area contributed by atoms with E-state index in [1.807, 2.05) is 0 Å². The van der Waals surface area contributed by atoms with Gasteiger partial charge in [0.1, 0.15) is 0 Å². The normalized spacial score (nSPS) is 11.3. The maximum absolute atomic E-state index is 2.38. The summed E-state index contributed by atoms with van der Waals surface area (Å²) in [4.78, 5) is 0. The van der Waals surface area contributed by atoms with Gasteiger partial charge in [0, 0.05) is 0 Å². The van der Waals surface area contributed by atoms with Gasteiger partial charge in [0.2, 0.25) is 0 Å². The summed E-state index contributed by atoms with van der Waals surface area (Å²) in [6.07, 6.45) is 2.26. The van der Waals surface area contributed by atoms with Crippen molar-refractivity contribution < 1.29 is 0 Å². The zero-order chi connectivity index (χ0) is 27.9. The maximum atomic E-state index is 2.38. The first kappa shape index (κ1) is 26.6. The zero-order valence-electron chi connectivity index (χ0n) is 23.8. The predicted molar refractivity (Wildman–Crippen MR) is 180 cm³/mol. The van der Waals surface area contributed by atoms with Gasteiger partial charge in [-0.2, -0.15) is 22.7 Å². The van der Waals surface area contributed by atoms with Gasteiger partial charge in [-0.25, -0.2) is 0 Å². The van der Waals surface area contributed by atoms with E-state index in [1.165, 1.54) is 56.2 Å². The molecule has 0 aliphatic rings. The van der Waals surface area contributed by atoms with Crippen molar-refractivity contribution in [1.82, 2.24) is 0 Å². The minimum Gasteiger partial charge on any atom is -0.200 e. The molecule has 200 valence electrons. The van der Waals surface area contributed by atoms with Gasteiger partial charge in [-0.15, -0.1) is 0 Å². The minimum atomic E-state index is -1.18. The smallest absolute Gasteiger partial charge is 0.0814 e. The molecule has 0 amide bonds. The molecule has 6 aromatic rings. The monoisotopic (exact) mass is 527 g/mol. The standard InChI is InChI=1S/C40H36B/c1-2-3-31-41(38-25-19-35(20-26-38)32-13-7-4-8-14-32,39-27-21-36(22-28-39)33-15-9-5-10-16-33)40-29-23-37(24-30-40)34-17-11-6-12-18-34/h4-30H,2-3,31H2,1H3/q-1. The molecule has 0 N–H and O–H groups in total. The van der Waals surface area contributed by atoms with Crippen LogP contribution in [0.25, 0.3) is 33.4 Å². The first-order valence-electron chi connectivity index (χ1n) is 14.9. The predicted octanol–water partition coefficient (Wildman–Crippen LogP) is 8.96. The van der Waals surface area contributed by atoms with Crippen molar-refractivity contribution in [2.24, 2.45) is 0 Å². The molecule has 1 heteroatoms. The Morgan fingerprint density at radius 2 is 0.610 bits per heavy atom. The van der Waals surface area contributed by atoms with Gasteiger partial charge in [0.15, 0.2) is 0 Å². The number of hydrogen-bond acceptors (Lipinski definition) is 0. The van der Waals surface area contributed by atoms with Gasteiger partial charge < -0.3 is 0 Å². The van der Waals surface area contributed by atoms with Crippen LogP contribution in [0, 0.1) is 0 Å². The van der Waals surface area contributed by atoms with E-state index in [1.54, 1.807) is 0 Å².